The number of para-hydroxylation sites is 1. The predicted molar refractivity (Wildman–Crippen MR) is 109 cm³/mol. The minimum absolute atomic E-state index is 0.140. The first kappa shape index (κ1) is 19.9. The van der Waals surface area contributed by atoms with Crippen LogP contribution in [-0.4, -0.2) is 29.6 Å². The van der Waals surface area contributed by atoms with E-state index in [2.05, 4.69) is 6.08 Å². The number of hydrogen-bond acceptors (Lipinski definition) is 5. The van der Waals surface area contributed by atoms with E-state index < -0.39 is 23.3 Å². The molecule has 2 heterocycles. The van der Waals surface area contributed by atoms with Crippen molar-refractivity contribution >= 4 is 22.5 Å². The maximum absolute atomic E-state index is 12.8. The topological polar surface area (TPSA) is 86.0 Å². The van der Waals surface area contributed by atoms with Gasteiger partial charge in [0.1, 0.15) is 22.9 Å². The largest absolute Gasteiger partial charge is 0.481 e. The van der Waals surface area contributed by atoms with Crippen LogP contribution in [0.5, 0.6) is 0 Å². The number of ether oxygens (including phenoxy) is 2. The molecule has 0 spiro atoms. The normalized spacial score (nSPS) is 23.6. The van der Waals surface area contributed by atoms with Gasteiger partial charge in [-0.05, 0) is 58.1 Å². The fourth-order valence-corrected chi connectivity index (χ4v) is 4.20. The Morgan fingerprint density at radius 3 is 2.69 bits per heavy atom. The van der Waals surface area contributed by atoms with E-state index in [0.717, 1.165) is 31.3 Å². The Morgan fingerprint density at radius 2 is 2.07 bits per heavy atom. The summed E-state index contributed by atoms with van der Waals surface area (Å²) in [6.07, 6.45) is 5.35. The molecule has 1 aromatic carbocycles. The molecule has 6 nitrogen and oxygen atoms in total. The molecule has 29 heavy (non-hydrogen) atoms. The SMILES string of the molecule is CC1(C)OCC(C(C)(C(=O)O)c2cccc3c(=O)cc(C4=CCCCC4)oc23)O1. The van der Waals surface area contributed by atoms with Gasteiger partial charge < -0.3 is 19.0 Å². The molecule has 4 rings (SSSR count). The minimum Gasteiger partial charge on any atom is -0.481 e. The lowest BCUT2D eigenvalue weighted by Gasteiger charge is -2.31. The Labute approximate surface area is 169 Å². The Hall–Kier alpha value is -2.44. The van der Waals surface area contributed by atoms with Crippen molar-refractivity contribution in [1.82, 2.24) is 0 Å². The van der Waals surface area contributed by atoms with Gasteiger partial charge in [0.25, 0.3) is 0 Å². The van der Waals surface area contributed by atoms with Crippen molar-refractivity contribution < 1.29 is 23.8 Å². The lowest BCUT2D eigenvalue weighted by atomic mass is 9.76. The van der Waals surface area contributed by atoms with Crippen LogP contribution in [0, 0.1) is 0 Å². The Bertz CT molecular complexity index is 1050. The molecular formula is C23H26O6. The number of hydrogen-bond donors (Lipinski definition) is 1. The zero-order chi connectivity index (χ0) is 20.8. The molecule has 2 unspecified atom stereocenters. The van der Waals surface area contributed by atoms with Crippen LogP contribution in [0.4, 0.5) is 0 Å². The Kier molecular flexibility index (Phi) is 4.87. The van der Waals surface area contributed by atoms with E-state index in [9.17, 15) is 14.7 Å². The molecule has 0 amide bonds. The van der Waals surface area contributed by atoms with Crippen molar-refractivity contribution in [2.24, 2.45) is 0 Å². The molecule has 1 N–H and O–H groups in total. The number of benzene rings is 1. The smallest absolute Gasteiger partial charge is 0.316 e. The standard InChI is InChI=1S/C23H26O6/c1-22(2)27-13-19(29-22)23(3,21(25)26)16-11-7-10-15-17(24)12-18(28-20(15)16)14-8-5-4-6-9-14/h7-8,10-12,19H,4-6,9,13H2,1-3H3,(H,25,26). The van der Waals surface area contributed by atoms with E-state index in [1.54, 1.807) is 39.0 Å². The molecule has 154 valence electrons. The molecule has 0 bridgehead atoms. The third-order valence-electron chi connectivity index (χ3n) is 6.02. The molecule has 2 atom stereocenters. The molecule has 1 saturated heterocycles. The van der Waals surface area contributed by atoms with Gasteiger partial charge in [-0.1, -0.05) is 18.2 Å². The maximum Gasteiger partial charge on any atom is 0.316 e. The highest BCUT2D eigenvalue weighted by Crippen LogP contribution is 2.40. The predicted octanol–water partition coefficient (Wildman–Crippen LogP) is 4.24. The second-order valence-electron chi connectivity index (χ2n) is 8.46. The van der Waals surface area contributed by atoms with Crippen molar-refractivity contribution in [1.29, 1.82) is 0 Å². The monoisotopic (exact) mass is 398 g/mol. The van der Waals surface area contributed by atoms with E-state index in [4.69, 9.17) is 13.9 Å². The van der Waals surface area contributed by atoms with Crippen LogP contribution in [0.1, 0.15) is 57.8 Å². The Balaban J connectivity index is 1.92. The van der Waals surface area contributed by atoms with Crippen molar-refractivity contribution in [3.8, 4) is 0 Å². The summed E-state index contributed by atoms with van der Waals surface area (Å²) in [5.74, 6) is -1.40. The molecule has 1 aromatic heterocycles. The summed E-state index contributed by atoms with van der Waals surface area (Å²) in [6.45, 7) is 5.26. The van der Waals surface area contributed by atoms with Gasteiger partial charge >= 0.3 is 5.97 Å². The number of carbonyl (C=O) groups is 1. The number of carboxylic acids is 1. The Morgan fingerprint density at radius 1 is 1.28 bits per heavy atom. The highest BCUT2D eigenvalue weighted by atomic mass is 16.7. The van der Waals surface area contributed by atoms with Crippen molar-refractivity contribution in [3.63, 3.8) is 0 Å². The second kappa shape index (κ2) is 7.11. The molecule has 2 aromatic rings. The molecule has 1 aliphatic heterocycles. The first-order chi connectivity index (χ1) is 13.7. The van der Waals surface area contributed by atoms with Crippen molar-refractivity contribution in [2.45, 2.75) is 63.8 Å². The van der Waals surface area contributed by atoms with Gasteiger partial charge in [-0.25, -0.2) is 0 Å². The average Bonchev–Trinajstić information content (AvgIpc) is 3.07. The van der Waals surface area contributed by atoms with E-state index in [1.807, 2.05) is 0 Å². The molecule has 1 aliphatic carbocycles. The number of rotatable bonds is 4. The molecule has 0 saturated carbocycles. The zero-order valence-electron chi connectivity index (χ0n) is 17.0. The lowest BCUT2D eigenvalue weighted by Crippen LogP contribution is -2.46. The molecule has 2 aliphatic rings. The van der Waals surface area contributed by atoms with Crippen LogP contribution < -0.4 is 5.43 Å². The van der Waals surface area contributed by atoms with E-state index in [1.165, 1.54) is 6.07 Å². The number of allylic oxidation sites excluding steroid dienone is 2. The van der Waals surface area contributed by atoms with Crippen molar-refractivity contribution in [3.05, 3.63) is 51.9 Å². The average molecular weight is 398 g/mol. The molecular weight excluding hydrogens is 372 g/mol. The highest BCUT2D eigenvalue weighted by molar-refractivity contribution is 5.90. The van der Waals surface area contributed by atoms with Gasteiger partial charge in [0.15, 0.2) is 11.2 Å². The summed E-state index contributed by atoms with van der Waals surface area (Å²) in [7, 11) is 0. The second-order valence-corrected chi connectivity index (χ2v) is 8.46. The van der Waals surface area contributed by atoms with Crippen LogP contribution in [0.15, 0.2) is 39.6 Å². The molecule has 6 heteroatoms. The summed E-state index contributed by atoms with van der Waals surface area (Å²) >= 11 is 0. The van der Waals surface area contributed by atoms with Gasteiger partial charge in [-0.15, -0.1) is 0 Å². The quantitative estimate of drug-likeness (QED) is 0.829. The summed E-state index contributed by atoms with van der Waals surface area (Å²) in [6, 6.07) is 6.57. The van der Waals surface area contributed by atoms with Crippen LogP contribution in [-0.2, 0) is 19.7 Å². The van der Waals surface area contributed by atoms with E-state index in [0.29, 0.717) is 22.3 Å². The first-order valence-electron chi connectivity index (χ1n) is 10.0. The van der Waals surface area contributed by atoms with Gasteiger partial charge in [-0.3, -0.25) is 9.59 Å². The van der Waals surface area contributed by atoms with E-state index >= 15 is 0 Å². The fourth-order valence-electron chi connectivity index (χ4n) is 4.20. The maximum atomic E-state index is 12.8. The first-order valence-corrected chi connectivity index (χ1v) is 10.0. The minimum atomic E-state index is -1.44. The third kappa shape index (κ3) is 3.40. The van der Waals surface area contributed by atoms with Crippen LogP contribution >= 0.6 is 0 Å². The summed E-state index contributed by atoms with van der Waals surface area (Å²) < 4.78 is 17.8. The van der Waals surface area contributed by atoms with Gasteiger partial charge in [0.2, 0.25) is 0 Å². The van der Waals surface area contributed by atoms with Gasteiger partial charge in [0.05, 0.1) is 12.0 Å². The summed E-state index contributed by atoms with van der Waals surface area (Å²) in [5.41, 5.74) is 0.113. The summed E-state index contributed by atoms with van der Waals surface area (Å²) in [5, 5.41) is 10.6. The lowest BCUT2D eigenvalue weighted by molar-refractivity contribution is -0.162. The number of aliphatic carboxylic acids is 1. The van der Waals surface area contributed by atoms with Crippen LogP contribution in [0.25, 0.3) is 16.5 Å². The molecule has 1 fully saturated rings. The fraction of sp³-hybridized carbons (Fsp3) is 0.478. The summed E-state index contributed by atoms with van der Waals surface area (Å²) in [4.78, 5) is 25.3. The van der Waals surface area contributed by atoms with Gasteiger partial charge in [-0.2, -0.15) is 0 Å². The highest BCUT2D eigenvalue weighted by Gasteiger charge is 2.51. The number of fused-ring (bicyclic) bond motifs is 1. The zero-order valence-corrected chi connectivity index (χ0v) is 17.0. The van der Waals surface area contributed by atoms with Crippen LogP contribution in [0.2, 0.25) is 0 Å². The van der Waals surface area contributed by atoms with E-state index in [-0.39, 0.29) is 12.0 Å². The van der Waals surface area contributed by atoms with Gasteiger partial charge in [0, 0.05) is 11.6 Å². The van der Waals surface area contributed by atoms with Crippen LogP contribution in [0.3, 0.4) is 0 Å². The number of carboxylic acid groups (broad SMARTS) is 1. The third-order valence-corrected chi connectivity index (χ3v) is 6.02. The molecule has 0 radical (unpaired) electrons. The van der Waals surface area contributed by atoms with Crippen molar-refractivity contribution in [2.75, 3.05) is 6.61 Å².